The van der Waals surface area contributed by atoms with Crippen LogP contribution in [0.1, 0.15) is 35.9 Å². The van der Waals surface area contributed by atoms with E-state index in [4.69, 9.17) is 5.26 Å². The average molecular weight is 433 g/mol. The van der Waals surface area contributed by atoms with Gasteiger partial charge >= 0.3 is 6.18 Å². The van der Waals surface area contributed by atoms with Crippen molar-refractivity contribution in [2.45, 2.75) is 25.9 Å². The van der Waals surface area contributed by atoms with E-state index in [9.17, 15) is 22.4 Å². The van der Waals surface area contributed by atoms with E-state index in [0.29, 0.717) is 44.1 Å². The molecule has 0 aromatic carbocycles. The third-order valence-electron chi connectivity index (χ3n) is 5.07. The van der Waals surface area contributed by atoms with Crippen LogP contribution in [0.15, 0.2) is 54.0 Å². The number of aromatic nitrogens is 3. The van der Waals surface area contributed by atoms with Crippen LogP contribution in [-0.2, 0) is 0 Å². The molecule has 2 aromatic heterocycles. The van der Waals surface area contributed by atoms with Gasteiger partial charge in [0.15, 0.2) is 5.65 Å². The third kappa shape index (κ3) is 5.17. The van der Waals surface area contributed by atoms with Crippen molar-refractivity contribution < 1.29 is 22.4 Å². The summed E-state index contributed by atoms with van der Waals surface area (Å²) in [6.07, 6.45) is 3.44. The van der Waals surface area contributed by atoms with Crippen LogP contribution in [0.2, 0.25) is 0 Å². The van der Waals surface area contributed by atoms with E-state index in [1.165, 1.54) is 22.7 Å². The first-order chi connectivity index (χ1) is 14.7. The fraction of sp³-hybridized carbons (Fsp3) is 0.333. The molecular formula is C21H19F4N5O. The molecule has 1 saturated heterocycles. The van der Waals surface area contributed by atoms with Gasteiger partial charge in [-0.3, -0.25) is 9.20 Å². The number of amides is 1. The highest BCUT2D eigenvalue weighted by Gasteiger charge is 2.32. The van der Waals surface area contributed by atoms with Gasteiger partial charge in [-0.1, -0.05) is 18.2 Å². The van der Waals surface area contributed by atoms with Gasteiger partial charge in [0.1, 0.15) is 11.9 Å². The molecular weight excluding hydrogens is 414 g/mol. The molecule has 3 heterocycles. The molecule has 0 unspecified atom stereocenters. The number of alkyl halides is 3. The summed E-state index contributed by atoms with van der Waals surface area (Å²) in [5.74, 6) is -1.37. The molecule has 0 radical (unpaired) electrons. The van der Waals surface area contributed by atoms with E-state index < -0.39 is 17.6 Å². The number of piperidine rings is 1. The van der Waals surface area contributed by atoms with Crippen LogP contribution in [0, 0.1) is 17.2 Å². The van der Waals surface area contributed by atoms with E-state index in [1.54, 1.807) is 23.1 Å². The number of nitrogens with zero attached hydrogens (tertiary/aromatic N) is 5. The maximum Gasteiger partial charge on any atom is 0.415 e. The molecule has 0 spiro atoms. The molecule has 0 N–H and O–H groups in total. The molecule has 162 valence electrons. The van der Waals surface area contributed by atoms with Crippen molar-refractivity contribution in [3.05, 3.63) is 65.4 Å². The Morgan fingerprint density at radius 2 is 1.94 bits per heavy atom. The molecule has 6 nitrogen and oxygen atoms in total. The van der Waals surface area contributed by atoms with Crippen LogP contribution in [-0.4, -0.2) is 44.7 Å². The Kier molecular flexibility index (Phi) is 6.53. The molecule has 0 bridgehead atoms. The summed E-state index contributed by atoms with van der Waals surface area (Å²) in [4.78, 5) is 14.5. The molecule has 0 atom stereocenters. The van der Waals surface area contributed by atoms with Gasteiger partial charge in [-0.2, -0.15) is 18.4 Å². The van der Waals surface area contributed by atoms with Crippen molar-refractivity contribution in [2.24, 2.45) is 5.92 Å². The van der Waals surface area contributed by atoms with E-state index in [1.807, 2.05) is 6.07 Å². The van der Waals surface area contributed by atoms with Gasteiger partial charge in [0.05, 0.1) is 11.1 Å². The Balaban J connectivity index is 1.59. The summed E-state index contributed by atoms with van der Waals surface area (Å²) in [6.45, 7) is 1.62. The number of fused-ring (bicyclic) bond motifs is 1. The zero-order valence-electron chi connectivity index (χ0n) is 16.6. The third-order valence-corrected chi connectivity index (χ3v) is 5.07. The number of likely N-dealkylation sites (tertiary alicyclic amines) is 1. The van der Waals surface area contributed by atoms with Crippen LogP contribution >= 0.6 is 0 Å². The summed E-state index contributed by atoms with van der Waals surface area (Å²) >= 11 is 0. The maximum atomic E-state index is 13.5. The first-order valence-corrected chi connectivity index (χ1v) is 9.53. The minimum atomic E-state index is -4.69. The molecule has 31 heavy (non-hydrogen) atoms. The number of carbonyl (C=O) groups is 1. The number of allylic oxidation sites excluding steroid dienone is 6. The highest BCUT2D eigenvalue weighted by Crippen LogP contribution is 2.28. The molecule has 0 aliphatic carbocycles. The number of rotatable bonds is 4. The van der Waals surface area contributed by atoms with Gasteiger partial charge < -0.3 is 4.90 Å². The van der Waals surface area contributed by atoms with Crippen LogP contribution < -0.4 is 0 Å². The fourth-order valence-corrected chi connectivity index (χ4v) is 3.16. The number of pyridine rings is 1. The Bertz CT molecular complexity index is 1100. The van der Waals surface area contributed by atoms with Gasteiger partial charge in [-0.05, 0) is 43.9 Å². The van der Waals surface area contributed by atoms with E-state index in [0.717, 1.165) is 6.08 Å². The first-order valence-electron chi connectivity index (χ1n) is 9.53. The Labute approximate surface area is 175 Å². The number of hydrogen-bond acceptors (Lipinski definition) is 4. The molecule has 2 aromatic rings. The second-order valence-corrected chi connectivity index (χ2v) is 7.13. The van der Waals surface area contributed by atoms with Crippen LogP contribution in [0.25, 0.3) is 5.65 Å². The summed E-state index contributed by atoms with van der Waals surface area (Å²) in [5.41, 5.74) is -0.421. The Hall–Kier alpha value is -3.48. The normalized spacial score (nSPS) is 16.8. The zero-order valence-corrected chi connectivity index (χ0v) is 16.6. The summed E-state index contributed by atoms with van der Waals surface area (Å²) in [5, 5.41) is 16.9. The van der Waals surface area contributed by atoms with Gasteiger partial charge in [0.2, 0.25) is 5.82 Å². The topological polar surface area (TPSA) is 74.3 Å². The lowest BCUT2D eigenvalue weighted by Gasteiger charge is -2.30. The largest absolute Gasteiger partial charge is 0.415 e. The Morgan fingerprint density at radius 3 is 2.58 bits per heavy atom. The second kappa shape index (κ2) is 9.12. The van der Waals surface area contributed by atoms with Crippen molar-refractivity contribution >= 4 is 11.6 Å². The van der Waals surface area contributed by atoms with Crippen molar-refractivity contribution in [3.8, 4) is 6.07 Å². The minimum absolute atomic E-state index is 0.116. The minimum Gasteiger partial charge on any atom is -0.336 e. The summed E-state index contributed by atoms with van der Waals surface area (Å²) in [6, 6.07) is 5.21. The lowest BCUT2D eigenvalue weighted by molar-refractivity contribution is -0.0929. The lowest BCUT2D eigenvalue weighted by Crippen LogP contribution is -2.39. The first kappa shape index (κ1) is 22.2. The predicted molar refractivity (Wildman–Crippen MR) is 104 cm³/mol. The number of halogens is 4. The molecule has 1 amide bonds. The van der Waals surface area contributed by atoms with Crippen molar-refractivity contribution in [3.63, 3.8) is 0 Å². The van der Waals surface area contributed by atoms with Crippen molar-refractivity contribution in [1.29, 1.82) is 5.26 Å². The molecule has 1 aliphatic heterocycles. The quantitative estimate of drug-likeness (QED) is 0.530. The number of carbonyl (C=O) groups excluding carboxylic acids is 1. The maximum absolute atomic E-state index is 13.5. The summed E-state index contributed by atoms with van der Waals surface area (Å²) < 4.78 is 52.2. The lowest BCUT2D eigenvalue weighted by atomic mass is 9.96. The van der Waals surface area contributed by atoms with Crippen molar-refractivity contribution in [1.82, 2.24) is 19.5 Å². The van der Waals surface area contributed by atoms with E-state index in [2.05, 4.69) is 10.2 Å². The highest BCUT2D eigenvalue weighted by molar-refractivity contribution is 5.91. The molecule has 1 aliphatic rings. The van der Waals surface area contributed by atoms with Crippen LogP contribution in [0.3, 0.4) is 0 Å². The molecule has 10 heteroatoms. The number of hydrogen-bond donors (Lipinski definition) is 0. The Morgan fingerprint density at radius 1 is 1.23 bits per heavy atom. The monoisotopic (exact) mass is 433 g/mol. The number of nitriles is 1. The molecule has 0 saturated carbocycles. The van der Waals surface area contributed by atoms with Gasteiger partial charge in [-0.25, -0.2) is 4.39 Å². The van der Waals surface area contributed by atoms with E-state index in [-0.39, 0.29) is 17.6 Å². The van der Waals surface area contributed by atoms with Gasteiger partial charge in [-0.15, -0.1) is 10.2 Å². The second-order valence-electron chi connectivity index (χ2n) is 7.13. The van der Waals surface area contributed by atoms with Gasteiger partial charge in [0.25, 0.3) is 5.91 Å². The zero-order chi connectivity index (χ0) is 22.6. The standard InChI is InChI=1S/C21H19F4N5O/c1-14(21(23,24)25)17(22)5-3-2-4-15-8-10-29(11-9-15)20(31)19-28-27-18-7-6-16(12-26)13-30(18)19/h2-7,13,15H,8-11H2,1H3/b4-2+,5-3-,17-14-. The SMILES string of the molecule is C\C(=C(F)/C=C\C=C\C1CCN(C(=O)c2nnc3ccc(C#N)cn23)CC1)C(F)(F)F. The smallest absolute Gasteiger partial charge is 0.336 e. The fourth-order valence-electron chi connectivity index (χ4n) is 3.16. The predicted octanol–water partition coefficient (Wildman–Crippen LogP) is 4.37. The molecule has 1 fully saturated rings. The average Bonchev–Trinajstić information content (AvgIpc) is 3.18. The van der Waals surface area contributed by atoms with Gasteiger partial charge in [0, 0.05) is 19.3 Å². The van der Waals surface area contributed by atoms with Crippen LogP contribution in [0.5, 0.6) is 0 Å². The van der Waals surface area contributed by atoms with Crippen LogP contribution in [0.4, 0.5) is 17.6 Å². The van der Waals surface area contributed by atoms with E-state index >= 15 is 0 Å². The highest BCUT2D eigenvalue weighted by atomic mass is 19.4. The molecule has 3 rings (SSSR count). The van der Waals surface area contributed by atoms with Crippen molar-refractivity contribution in [2.75, 3.05) is 13.1 Å². The summed E-state index contributed by atoms with van der Waals surface area (Å²) in [7, 11) is 0.